The second-order valence-corrected chi connectivity index (χ2v) is 5.69. The Bertz CT molecular complexity index is 384. The van der Waals surface area contributed by atoms with Crippen LogP contribution in [0.5, 0.6) is 0 Å². The zero-order valence-electron chi connectivity index (χ0n) is 9.34. The lowest BCUT2D eigenvalue weighted by molar-refractivity contribution is -0.123. The molecule has 0 radical (unpaired) electrons. The molecule has 0 aromatic carbocycles. The van der Waals surface area contributed by atoms with Crippen LogP contribution in [0.1, 0.15) is 27.7 Å². The third kappa shape index (κ3) is 1.99. The van der Waals surface area contributed by atoms with Gasteiger partial charge in [-0.05, 0) is 27.7 Å². The molecule has 0 aromatic heterocycles. The highest BCUT2D eigenvalue weighted by Crippen LogP contribution is 2.20. The highest BCUT2D eigenvalue weighted by molar-refractivity contribution is 7.87. The molecule has 0 bridgehead atoms. The van der Waals surface area contributed by atoms with Crippen LogP contribution in [-0.4, -0.2) is 35.0 Å². The van der Waals surface area contributed by atoms with E-state index in [2.05, 4.69) is 0 Å². The van der Waals surface area contributed by atoms with Crippen LogP contribution in [0.2, 0.25) is 0 Å². The maximum absolute atomic E-state index is 12.0. The highest BCUT2D eigenvalue weighted by Gasteiger charge is 2.37. The summed E-state index contributed by atoms with van der Waals surface area (Å²) in [5.41, 5.74) is 0. The standard InChI is InChI=1S/C9H16N2O3S/c1-7(2)10-6-5-9(12)11(8(3)4)15(10,13)14/h5-8H,1-4H3. The molecule has 6 heteroatoms. The largest absolute Gasteiger partial charge is 0.328 e. The Hall–Kier alpha value is -1.04. The van der Waals surface area contributed by atoms with Crippen LogP contribution in [0, 0.1) is 0 Å². The summed E-state index contributed by atoms with van der Waals surface area (Å²) in [7, 11) is -3.68. The number of rotatable bonds is 2. The van der Waals surface area contributed by atoms with Crippen LogP contribution in [0.4, 0.5) is 0 Å². The van der Waals surface area contributed by atoms with Crippen molar-refractivity contribution in [2.24, 2.45) is 0 Å². The van der Waals surface area contributed by atoms with Crippen LogP contribution >= 0.6 is 0 Å². The van der Waals surface area contributed by atoms with E-state index < -0.39 is 16.1 Å². The average Bonchev–Trinajstić information content (AvgIpc) is 1.99. The van der Waals surface area contributed by atoms with Gasteiger partial charge in [-0.1, -0.05) is 0 Å². The van der Waals surface area contributed by atoms with E-state index in [9.17, 15) is 13.2 Å². The van der Waals surface area contributed by atoms with Crippen LogP contribution < -0.4 is 0 Å². The molecule has 1 amide bonds. The normalized spacial score (nSPS) is 20.5. The molecule has 0 unspecified atom stereocenters. The van der Waals surface area contributed by atoms with Crippen molar-refractivity contribution >= 4 is 16.1 Å². The molecule has 0 aliphatic carbocycles. The first kappa shape index (κ1) is 12.0. The van der Waals surface area contributed by atoms with Crippen molar-refractivity contribution in [1.82, 2.24) is 8.61 Å². The van der Waals surface area contributed by atoms with Crippen molar-refractivity contribution in [1.29, 1.82) is 0 Å². The van der Waals surface area contributed by atoms with Gasteiger partial charge < -0.3 is 0 Å². The van der Waals surface area contributed by atoms with E-state index >= 15 is 0 Å². The van der Waals surface area contributed by atoms with Gasteiger partial charge in [0.1, 0.15) is 0 Å². The maximum atomic E-state index is 12.0. The molecule has 5 nitrogen and oxygen atoms in total. The van der Waals surface area contributed by atoms with Crippen molar-refractivity contribution < 1.29 is 13.2 Å². The van der Waals surface area contributed by atoms with Crippen LogP contribution in [0.3, 0.4) is 0 Å². The Balaban J connectivity index is 3.22. The highest BCUT2D eigenvalue weighted by atomic mass is 32.2. The molecular formula is C9H16N2O3S. The van der Waals surface area contributed by atoms with Crippen LogP contribution in [-0.2, 0) is 15.0 Å². The van der Waals surface area contributed by atoms with Gasteiger partial charge in [-0.2, -0.15) is 8.42 Å². The molecule has 0 saturated carbocycles. The molecule has 1 aliphatic rings. The molecule has 0 atom stereocenters. The SMILES string of the molecule is CC(C)N1C=CC(=O)N(C(C)C)S1(=O)=O. The lowest BCUT2D eigenvalue weighted by Gasteiger charge is -2.35. The topological polar surface area (TPSA) is 57.7 Å². The van der Waals surface area contributed by atoms with E-state index in [1.165, 1.54) is 16.6 Å². The quantitative estimate of drug-likeness (QED) is 0.704. The summed E-state index contributed by atoms with van der Waals surface area (Å²) in [6.07, 6.45) is 2.60. The first-order valence-corrected chi connectivity index (χ1v) is 6.23. The molecule has 1 heterocycles. The van der Waals surface area contributed by atoms with Crippen molar-refractivity contribution in [2.75, 3.05) is 0 Å². The molecule has 0 saturated heterocycles. The molecular weight excluding hydrogens is 216 g/mol. The molecule has 0 aromatic rings. The summed E-state index contributed by atoms with van der Waals surface area (Å²) in [6, 6.07) is -0.561. The molecule has 86 valence electrons. The summed E-state index contributed by atoms with van der Waals surface area (Å²) in [6.45, 7) is 6.87. The fraction of sp³-hybridized carbons (Fsp3) is 0.667. The number of amides is 1. The Morgan fingerprint density at radius 2 is 1.67 bits per heavy atom. The Morgan fingerprint density at radius 3 is 2.07 bits per heavy atom. The van der Waals surface area contributed by atoms with Gasteiger partial charge in [0.15, 0.2) is 0 Å². The third-order valence-electron chi connectivity index (χ3n) is 2.07. The van der Waals surface area contributed by atoms with E-state index in [1.807, 2.05) is 0 Å². The first-order chi connectivity index (χ1) is 6.78. The molecule has 0 fully saturated rings. The first-order valence-electron chi connectivity index (χ1n) is 4.83. The Labute approximate surface area is 90.5 Å². The fourth-order valence-electron chi connectivity index (χ4n) is 1.46. The lowest BCUT2D eigenvalue weighted by atomic mass is 10.3. The van der Waals surface area contributed by atoms with Gasteiger partial charge in [0.2, 0.25) is 0 Å². The van der Waals surface area contributed by atoms with Gasteiger partial charge >= 0.3 is 10.2 Å². The van der Waals surface area contributed by atoms with E-state index in [0.29, 0.717) is 0 Å². The molecule has 0 N–H and O–H groups in total. The monoisotopic (exact) mass is 232 g/mol. The van der Waals surface area contributed by atoms with E-state index in [0.717, 1.165) is 4.31 Å². The van der Waals surface area contributed by atoms with Gasteiger partial charge in [-0.15, -0.1) is 0 Å². The molecule has 15 heavy (non-hydrogen) atoms. The smallest absolute Gasteiger partial charge is 0.269 e. The lowest BCUT2D eigenvalue weighted by Crippen LogP contribution is -2.52. The minimum atomic E-state index is -3.68. The Morgan fingerprint density at radius 1 is 1.13 bits per heavy atom. The number of hydrogen-bond donors (Lipinski definition) is 0. The number of carbonyl (C=O) groups is 1. The van der Waals surface area contributed by atoms with Crippen molar-refractivity contribution in [3.05, 3.63) is 12.3 Å². The van der Waals surface area contributed by atoms with Gasteiger partial charge in [-0.3, -0.25) is 9.10 Å². The van der Waals surface area contributed by atoms with Crippen molar-refractivity contribution in [2.45, 2.75) is 39.8 Å². The third-order valence-corrected chi connectivity index (χ3v) is 4.25. The van der Waals surface area contributed by atoms with Gasteiger partial charge in [0.25, 0.3) is 5.91 Å². The molecule has 1 rings (SSSR count). The van der Waals surface area contributed by atoms with E-state index in [-0.39, 0.29) is 12.1 Å². The zero-order chi connectivity index (χ0) is 11.8. The maximum Gasteiger partial charge on any atom is 0.328 e. The predicted molar refractivity (Wildman–Crippen MR) is 57.0 cm³/mol. The Kier molecular flexibility index (Phi) is 3.08. The summed E-state index contributed by atoms with van der Waals surface area (Å²) in [4.78, 5) is 11.5. The summed E-state index contributed by atoms with van der Waals surface area (Å²) in [5.74, 6) is -0.484. The predicted octanol–water partition coefficient (Wildman–Crippen LogP) is 0.706. The number of hydrogen-bond acceptors (Lipinski definition) is 3. The van der Waals surface area contributed by atoms with Crippen molar-refractivity contribution in [3.63, 3.8) is 0 Å². The zero-order valence-corrected chi connectivity index (χ0v) is 10.2. The summed E-state index contributed by atoms with van der Waals surface area (Å²) in [5, 5.41) is 0. The second-order valence-electron chi connectivity index (χ2n) is 3.97. The summed E-state index contributed by atoms with van der Waals surface area (Å²) >= 11 is 0. The number of nitrogens with zero attached hydrogens (tertiary/aromatic N) is 2. The molecule has 0 spiro atoms. The number of carbonyl (C=O) groups excluding carboxylic acids is 1. The van der Waals surface area contributed by atoms with Gasteiger partial charge in [-0.25, -0.2) is 4.31 Å². The van der Waals surface area contributed by atoms with Crippen LogP contribution in [0.25, 0.3) is 0 Å². The van der Waals surface area contributed by atoms with Crippen LogP contribution in [0.15, 0.2) is 12.3 Å². The van der Waals surface area contributed by atoms with E-state index in [4.69, 9.17) is 0 Å². The second kappa shape index (κ2) is 3.84. The van der Waals surface area contributed by atoms with Crippen molar-refractivity contribution in [3.8, 4) is 0 Å². The van der Waals surface area contributed by atoms with Gasteiger partial charge in [0.05, 0.1) is 0 Å². The summed E-state index contributed by atoms with van der Waals surface area (Å²) < 4.78 is 26.1. The molecule has 1 aliphatic heterocycles. The van der Waals surface area contributed by atoms with E-state index in [1.54, 1.807) is 27.7 Å². The van der Waals surface area contributed by atoms with Gasteiger partial charge in [0, 0.05) is 24.4 Å². The minimum Gasteiger partial charge on any atom is -0.269 e. The average molecular weight is 232 g/mol. The minimum absolute atomic E-state index is 0.194. The fourth-order valence-corrected chi connectivity index (χ4v) is 3.23.